The van der Waals surface area contributed by atoms with Crippen LogP contribution >= 0.6 is 0 Å². The van der Waals surface area contributed by atoms with Crippen LogP contribution in [0, 0.1) is 29.6 Å². The van der Waals surface area contributed by atoms with Crippen molar-refractivity contribution in [2.24, 2.45) is 35.3 Å². The predicted octanol–water partition coefficient (Wildman–Crippen LogP) is 4.58. The van der Waals surface area contributed by atoms with Crippen molar-refractivity contribution >= 4 is 0 Å². The minimum absolute atomic E-state index is 0.276. The Kier molecular flexibility index (Phi) is 6.76. The van der Waals surface area contributed by atoms with E-state index in [0.29, 0.717) is 0 Å². The fourth-order valence-electron chi connectivity index (χ4n) is 4.84. The highest BCUT2D eigenvalue weighted by molar-refractivity contribution is 4.91. The predicted molar refractivity (Wildman–Crippen MR) is 96.9 cm³/mol. The Morgan fingerprint density at radius 3 is 2.36 bits per heavy atom. The smallest absolute Gasteiger partial charge is 0.0153 e. The van der Waals surface area contributed by atoms with Gasteiger partial charge in [0.25, 0.3) is 0 Å². The number of nitrogens with one attached hydrogen (secondary N) is 1. The van der Waals surface area contributed by atoms with Crippen molar-refractivity contribution in [1.29, 1.82) is 0 Å². The molecular weight excluding hydrogens is 268 g/mol. The lowest BCUT2D eigenvalue weighted by Crippen LogP contribution is -2.50. The number of nitrogens with two attached hydrogens (primary N) is 1. The van der Waals surface area contributed by atoms with Gasteiger partial charge in [0.2, 0.25) is 0 Å². The molecule has 2 aliphatic carbocycles. The summed E-state index contributed by atoms with van der Waals surface area (Å²) in [6.07, 6.45) is 11.2. The number of hydrogen-bond acceptors (Lipinski definition) is 2. The molecule has 3 N–H and O–H groups in total. The fraction of sp³-hybridized carbons (Fsp3) is 1.00. The standard InChI is InChI=1S/C20H40N2/c1-15(2)18-9-5-8-17(11-18)14-22-20(3,4)19-10-6-7-16(12-19)13-21/h15-19,22H,5-14,21H2,1-4H3/t16-,17+,18-,19-/m1/s1. The van der Waals surface area contributed by atoms with Gasteiger partial charge in [-0.1, -0.05) is 33.1 Å². The maximum atomic E-state index is 5.92. The summed E-state index contributed by atoms with van der Waals surface area (Å²) in [5.41, 5.74) is 6.20. The highest BCUT2D eigenvalue weighted by Gasteiger charge is 2.34. The first kappa shape index (κ1) is 18.3. The van der Waals surface area contributed by atoms with Crippen LogP contribution in [0.1, 0.15) is 79.1 Å². The van der Waals surface area contributed by atoms with Gasteiger partial charge in [0.05, 0.1) is 0 Å². The van der Waals surface area contributed by atoms with Crippen LogP contribution in [0.15, 0.2) is 0 Å². The summed E-state index contributed by atoms with van der Waals surface area (Å²) < 4.78 is 0. The maximum absolute atomic E-state index is 5.92. The zero-order valence-corrected chi connectivity index (χ0v) is 15.5. The van der Waals surface area contributed by atoms with Gasteiger partial charge in [0.15, 0.2) is 0 Å². The normalized spacial score (nSPS) is 34.1. The van der Waals surface area contributed by atoms with E-state index in [9.17, 15) is 0 Å². The number of rotatable bonds is 6. The van der Waals surface area contributed by atoms with E-state index in [1.165, 1.54) is 57.9 Å². The molecule has 130 valence electrons. The fourth-order valence-corrected chi connectivity index (χ4v) is 4.84. The highest BCUT2D eigenvalue weighted by atomic mass is 15.0. The van der Waals surface area contributed by atoms with E-state index in [2.05, 4.69) is 33.0 Å². The van der Waals surface area contributed by atoms with Crippen LogP contribution < -0.4 is 11.1 Å². The molecule has 2 fully saturated rings. The molecule has 2 aliphatic rings. The van der Waals surface area contributed by atoms with Gasteiger partial charge in [0, 0.05) is 5.54 Å². The molecule has 0 heterocycles. The quantitative estimate of drug-likeness (QED) is 0.753. The lowest BCUT2D eigenvalue weighted by molar-refractivity contribution is 0.140. The average molecular weight is 309 g/mol. The van der Waals surface area contributed by atoms with Crippen LogP contribution in [0.5, 0.6) is 0 Å². The van der Waals surface area contributed by atoms with Gasteiger partial charge in [-0.2, -0.15) is 0 Å². The van der Waals surface area contributed by atoms with Gasteiger partial charge < -0.3 is 11.1 Å². The summed E-state index contributed by atoms with van der Waals surface area (Å²) in [5, 5.41) is 3.96. The molecule has 0 aromatic heterocycles. The second-order valence-corrected chi connectivity index (χ2v) is 9.10. The van der Waals surface area contributed by atoms with E-state index in [4.69, 9.17) is 5.73 Å². The van der Waals surface area contributed by atoms with Crippen LogP contribution in [0.3, 0.4) is 0 Å². The Bertz CT molecular complexity index is 324. The topological polar surface area (TPSA) is 38.0 Å². The van der Waals surface area contributed by atoms with Crippen LogP contribution in [-0.2, 0) is 0 Å². The van der Waals surface area contributed by atoms with Crippen molar-refractivity contribution in [1.82, 2.24) is 5.32 Å². The van der Waals surface area contributed by atoms with E-state index in [1.807, 2.05) is 0 Å². The summed E-state index contributed by atoms with van der Waals surface area (Å²) in [6, 6.07) is 0. The molecule has 0 radical (unpaired) electrons. The average Bonchev–Trinajstić information content (AvgIpc) is 2.53. The molecule has 0 bridgehead atoms. The SMILES string of the molecule is CC(C)[C@@H]1CCC[C@H](CNC(C)(C)[C@@H]2CCC[C@@H](CN)C2)C1. The van der Waals surface area contributed by atoms with Gasteiger partial charge in [-0.3, -0.25) is 0 Å². The monoisotopic (exact) mass is 308 g/mol. The molecule has 0 aromatic rings. The Labute approximate surface area is 139 Å². The van der Waals surface area contributed by atoms with E-state index >= 15 is 0 Å². The van der Waals surface area contributed by atoms with Gasteiger partial charge in [-0.15, -0.1) is 0 Å². The van der Waals surface area contributed by atoms with Crippen LogP contribution in [0.2, 0.25) is 0 Å². The van der Waals surface area contributed by atoms with Gasteiger partial charge in [-0.05, 0) is 88.6 Å². The first-order valence-electron chi connectivity index (χ1n) is 9.87. The second-order valence-electron chi connectivity index (χ2n) is 9.10. The summed E-state index contributed by atoms with van der Waals surface area (Å²) in [5.74, 6) is 4.29. The second kappa shape index (κ2) is 8.15. The van der Waals surface area contributed by atoms with Crippen molar-refractivity contribution in [2.45, 2.75) is 84.6 Å². The maximum Gasteiger partial charge on any atom is 0.0153 e. The Balaban J connectivity index is 1.81. The summed E-state index contributed by atoms with van der Waals surface area (Å²) in [7, 11) is 0. The molecule has 4 atom stereocenters. The molecule has 2 nitrogen and oxygen atoms in total. The Morgan fingerprint density at radius 2 is 1.68 bits per heavy atom. The van der Waals surface area contributed by atoms with E-state index in [0.717, 1.165) is 36.1 Å². The molecule has 0 aliphatic heterocycles. The Hall–Kier alpha value is -0.0800. The molecule has 0 spiro atoms. The van der Waals surface area contributed by atoms with Crippen molar-refractivity contribution in [3.05, 3.63) is 0 Å². The molecule has 22 heavy (non-hydrogen) atoms. The van der Waals surface area contributed by atoms with E-state index in [-0.39, 0.29) is 5.54 Å². The summed E-state index contributed by atoms with van der Waals surface area (Å²) in [6.45, 7) is 11.8. The first-order valence-corrected chi connectivity index (χ1v) is 9.87. The first-order chi connectivity index (χ1) is 10.4. The van der Waals surface area contributed by atoms with Crippen LogP contribution in [0.25, 0.3) is 0 Å². The van der Waals surface area contributed by atoms with Crippen LogP contribution in [-0.4, -0.2) is 18.6 Å². The van der Waals surface area contributed by atoms with Gasteiger partial charge >= 0.3 is 0 Å². The van der Waals surface area contributed by atoms with E-state index in [1.54, 1.807) is 0 Å². The highest BCUT2D eigenvalue weighted by Crippen LogP contribution is 2.37. The van der Waals surface area contributed by atoms with Crippen molar-refractivity contribution in [2.75, 3.05) is 13.1 Å². The van der Waals surface area contributed by atoms with Crippen molar-refractivity contribution in [3.8, 4) is 0 Å². The van der Waals surface area contributed by atoms with Crippen LogP contribution in [0.4, 0.5) is 0 Å². The summed E-state index contributed by atoms with van der Waals surface area (Å²) in [4.78, 5) is 0. The largest absolute Gasteiger partial charge is 0.330 e. The third kappa shape index (κ3) is 4.96. The molecule has 0 saturated heterocycles. The summed E-state index contributed by atoms with van der Waals surface area (Å²) >= 11 is 0. The van der Waals surface area contributed by atoms with Crippen molar-refractivity contribution < 1.29 is 0 Å². The molecular formula is C20H40N2. The minimum Gasteiger partial charge on any atom is -0.330 e. The van der Waals surface area contributed by atoms with Crippen molar-refractivity contribution in [3.63, 3.8) is 0 Å². The molecule has 0 unspecified atom stereocenters. The Morgan fingerprint density at radius 1 is 1.00 bits per heavy atom. The molecule has 2 saturated carbocycles. The zero-order valence-electron chi connectivity index (χ0n) is 15.5. The van der Waals surface area contributed by atoms with E-state index < -0.39 is 0 Å². The lowest BCUT2D eigenvalue weighted by Gasteiger charge is -2.42. The minimum atomic E-state index is 0.276. The molecule has 2 heteroatoms. The van der Waals surface area contributed by atoms with Gasteiger partial charge in [0.1, 0.15) is 0 Å². The zero-order chi connectivity index (χ0) is 16.2. The third-order valence-corrected chi connectivity index (χ3v) is 6.75. The van der Waals surface area contributed by atoms with Gasteiger partial charge in [-0.25, -0.2) is 0 Å². The molecule has 2 rings (SSSR count). The third-order valence-electron chi connectivity index (χ3n) is 6.75. The lowest BCUT2D eigenvalue weighted by atomic mass is 9.72. The number of hydrogen-bond donors (Lipinski definition) is 2. The molecule has 0 aromatic carbocycles. The molecule has 0 amide bonds.